The number of hydrogen-bond acceptors (Lipinski definition) is 7. The molecular formula is C26H24N8O3. The number of anilines is 2. The lowest BCUT2D eigenvalue weighted by Crippen LogP contribution is -2.21. The highest BCUT2D eigenvalue weighted by atomic mass is 16.5. The number of fused-ring (bicyclic) bond motifs is 1. The Labute approximate surface area is 211 Å². The molecule has 4 aromatic heterocycles. The zero-order valence-corrected chi connectivity index (χ0v) is 20.4. The first kappa shape index (κ1) is 23.7. The number of rotatable bonds is 5. The summed E-state index contributed by atoms with van der Waals surface area (Å²) in [5, 5.41) is 10.4. The number of para-hydroxylation sites is 1. The summed E-state index contributed by atoms with van der Waals surface area (Å²) in [4.78, 5) is 39.3. The fraction of sp³-hybridized carbons (Fsp3) is 0.154. The van der Waals surface area contributed by atoms with Crippen molar-refractivity contribution in [2.24, 2.45) is 0 Å². The van der Waals surface area contributed by atoms with E-state index in [4.69, 9.17) is 9.84 Å². The predicted molar refractivity (Wildman–Crippen MR) is 139 cm³/mol. The number of aromatic amines is 1. The number of amides is 2. The van der Waals surface area contributed by atoms with Crippen LogP contribution >= 0.6 is 0 Å². The molecule has 11 heteroatoms. The van der Waals surface area contributed by atoms with Crippen LogP contribution in [-0.2, 0) is 5.41 Å². The van der Waals surface area contributed by atoms with E-state index in [1.54, 1.807) is 22.9 Å². The SMILES string of the molecule is CC(C)(C)c1cc(NC(=O)Nc2ccc(Oc3ccnc4[nH]c(=O)cnc34)nc2)n(-c2ccccc2)n1. The van der Waals surface area contributed by atoms with Gasteiger partial charge in [0.1, 0.15) is 11.3 Å². The molecule has 5 rings (SSSR count). The van der Waals surface area contributed by atoms with E-state index >= 15 is 0 Å². The van der Waals surface area contributed by atoms with Gasteiger partial charge in [0.05, 0.1) is 29.5 Å². The van der Waals surface area contributed by atoms with Gasteiger partial charge in [-0.1, -0.05) is 39.0 Å². The van der Waals surface area contributed by atoms with Crippen LogP contribution in [0.15, 0.2) is 78.0 Å². The molecule has 2 amide bonds. The predicted octanol–water partition coefficient (Wildman–Crippen LogP) is 4.63. The Bertz CT molecular complexity index is 1620. The number of ether oxygens (including phenoxy) is 1. The number of aromatic nitrogens is 6. The molecule has 37 heavy (non-hydrogen) atoms. The van der Waals surface area contributed by atoms with Gasteiger partial charge in [-0.15, -0.1) is 0 Å². The van der Waals surface area contributed by atoms with Crippen molar-refractivity contribution in [2.75, 3.05) is 10.6 Å². The van der Waals surface area contributed by atoms with Crippen molar-refractivity contribution in [1.29, 1.82) is 0 Å². The van der Waals surface area contributed by atoms with Gasteiger partial charge >= 0.3 is 6.03 Å². The standard InChI is InChI=1S/C26H24N8O3/c1-26(2,3)19-13-20(34(33-19)17-7-5-4-6-8-17)31-25(36)30-16-9-10-22(28-14-16)37-18-11-12-27-24-23(18)29-15-21(35)32-24/h4-15H,1-3H3,(H,27,32,35)(H2,30,31,36). The van der Waals surface area contributed by atoms with Gasteiger partial charge in [0.2, 0.25) is 5.88 Å². The zero-order valence-electron chi connectivity index (χ0n) is 20.4. The van der Waals surface area contributed by atoms with Crippen LogP contribution < -0.4 is 20.9 Å². The Morgan fingerprint density at radius 3 is 2.51 bits per heavy atom. The number of hydrogen-bond donors (Lipinski definition) is 3. The number of pyridine rings is 2. The summed E-state index contributed by atoms with van der Waals surface area (Å²) in [5.41, 5.74) is 2.30. The van der Waals surface area contributed by atoms with E-state index in [0.29, 0.717) is 28.4 Å². The van der Waals surface area contributed by atoms with Crippen LogP contribution in [0.5, 0.6) is 11.6 Å². The van der Waals surface area contributed by atoms with Gasteiger partial charge in [-0.3, -0.25) is 10.1 Å². The highest BCUT2D eigenvalue weighted by Crippen LogP contribution is 2.27. The number of nitrogens with zero attached hydrogens (tertiary/aromatic N) is 5. The first-order valence-corrected chi connectivity index (χ1v) is 11.5. The first-order valence-electron chi connectivity index (χ1n) is 11.5. The van der Waals surface area contributed by atoms with Gasteiger partial charge in [-0.2, -0.15) is 5.10 Å². The summed E-state index contributed by atoms with van der Waals surface area (Å²) >= 11 is 0. The van der Waals surface area contributed by atoms with E-state index in [1.165, 1.54) is 12.4 Å². The van der Waals surface area contributed by atoms with Crippen molar-refractivity contribution in [3.63, 3.8) is 0 Å². The Hall–Kier alpha value is -5.06. The van der Waals surface area contributed by atoms with Gasteiger partial charge in [0, 0.05) is 29.8 Å². The maximum Gasteiger partial charge on any atom is 0.324 e. The smallest absolute Gasteiger partial charge is 0.324 e. The van der Waals surface area contributed by atoms with E-state index in [2.05, 4.69) is 51.3 Å². The Morgan fingerprint density at radius 2 is 1.78 bits per heavy atom. The Kier molecular flexibility index (Phi) is 6.10. The van der Waals surface area contributed by atoms with Crippen LogP contribution in [0.2, 0.25) is 0 Å². The van der Waals surface area contributed by atoms with Crippen LogP contribution in [0.1, 0.15) is 26.5 Å². The Balaban J connectivity index is 1.30. The summed E-state index contributed by atoms with van der Waals surface area (Å²) in [5.74, 6) is 1.20. The average molecular weight is 497 g/mol. The van der Waals surface area contributed by atoms with Crippen molar-refractivity contribution in [2.45, 2.75) is 26.2 Å². The fourth-order valence-corrected chi connectivity index (χ4v) is 3.52. The normalized spacial score (nSPS) is 11.3. The van der Waals surface area contributed by atoms with Gasteiger partial charge < -0.3 is 15.0 Å². The molecular weight excluding hydrogens is 472 g/mol. The topological polar surface area (TPSA) is 140 Å². The number of carbonyl (C=O) groups excluding carboxylic acids is 1. The summed E-state index contributed by atoms with van der Waals surface area (Å²) in [7, 11) is 0. The van der Waals surface area contributed by atoms with Crippen molar-refractivity contribution >= 4 is 28.7 Å². The lowest BCUT2D eigenvalue weighted by Gasteiger charge is -2.14. The summed E-state index contributed by atoms with van der Waals surface area (Å²) in [6.45, 7) is 6.19. The molecule has 0 aliphatic rings. The molecule has 0 bridgehead atoms. The van der Waals surface area contributed by atoms with Crippen LogP contribution in [-0.4, -0.2) is 35.7 Å². The highest BCUT2D eigenvalue weighted by Gasteiger charge is 2.21. The molecule has 0 saturated carbocycles. The van der Waals surface area contributed by atoms with Crippen molar-refractivity contribution < 1.29 is 9.53 Å². The van der Waals surface area contributed by atoms with Crippen molar-refractivity contribution in [1.82, 2.24) is 29.7 Å². The number of H-pyrrole nitrogens is 1. The molecule has 0 aliphatic carbocycles. The molecule has 0 fully saturated rings. The van der Waals surface area contributed by atoms with E-state index in [9.17, 15) is 9.59 Å². The molecule has 0 radical (unpaired) electrons. The summed E-state index contributed by atoms with van der Waals surface area (Å²) < 4.78 is 7.51. The van der Waals surface area contributed by atoms with Crippen molar-refractivity contribution in [3.8, 4) is 17.3 Å². The van der Waals surface area contributed by atoms with Crippen LogP contribution in [0, 0.1) is 0 Å². The van der Waals surface area contributed by atoms with E-state index in [0.717, 1.165) is 17.6 Å². The molecule has 4 heterocycles. The second-order valence-electron chi connectivity index (χ2n) is 9.23. The second-order valence-corrected chi connectivity index (χ2v) is 9.23. The summed E-state index contributed by atoms with van der Waals surface area (Å²) in [6.07, 6.45) is 4.13. The lowest BCUT2D eigenvalue weighted by atomic mass is 9.92. The van der Waals surface area contributed by atoms with Crippen LogP contribution in [0.3, 0.4) is 0 Å². The van der Waals surface area contributed by atoms with Crippen molar-refractivity contribution in [3.05, 3.63) is 89.2 Å². The number of urea groups is 1. The molecule has 186 valence electrons. The lowest BCUT2D eigenvalue weighted by molar-refractivity contribution is 0.262. The minimum Gasteiger partial charge on any atom is -0.437 e. The molecule has 1 aromatic carbocycles. The molecule has 11 nitrogen and oxygen atoms in total. The van der Waals surface area contributed by atoms with Crippen LogP contribution in [0.4, 0.5) is 16.3 Å². The van der Waals surface area contributed by atoms with Gasteiger partial charge in [0.25, 0.3) is 5.56 Å². The third kappa shape index (κ3) is 5.30. The number of nitrogens with one attached hydrogen (secondary N) is 3. The highest BCUT2D eigenvalue weighted by molar-refractivity contribution is 5.99. The maximum atomic E-state index is 12.8. The molecule has 0 saturated heterocycles. The second kappa shape index (κ2) is 9.53. The van der Waals surface area contributed by atoms with Gasteiger partial charge in [-0.25, -0.2) is 24.4 Å². The van der Waals surface area contributed by atoms with E-state index < -0.39 is 6.03 Å². The van der Waals surface area contributed by atoms with Gasteiger partial charge in [-0.05, 0) is 18.2 Å². The van der Waals surface area contributed by atoms with Gasteiger partial charge in [0.15, 0.2) is 11.4 Å². The third-order valence-electron chi connectivity index (χ3n) is 5.37. The average Bonchev–Trinajstić information content (AvgIpc) is 3.30. The van der Waals surface area contributed by atoms with E-state index in [1.807, 2.05) is 36.4 Å². The molecule has 5 aromatic rings. The molecule has 3 N–H and O–H groups in total. The third-order valence-corrected chi connectivity index (χ3v) is 5.37. The maximum absolute atomic E-state index is 12.8. The minimum atomic E-state index is -0.443. The van der Waals surface area contributed by atoms with E-state index in [-0.39, 0.29) is 16.9 Å². The summed E-state index contributed by atoms with van der Waals surface area (Å²) in [6, 6.07) is 15.9. The molecule has 0 spiro atoms. The quantitative estimate of drug-likeness (QED) is 0.322. The Morgan fingerprint density at radius 1 is 0.973 bits per heavy atom. The monoisotopic (exact) mass is 496 g/mol. The molecule has 0 atom stereocenters. The zero-order chi connectivity index (χ0) is 26.0. The van der Waals surface area contributed by atoms with Crippen LogP contribution in [0.25, 0.3) is 16.9 Å². The number of benzene rings is 1. The molecule has 0 unspecified atom stereocenters. The fourth-order valence-electron chi connectivity index (χ4n) is 3.52. The first-order chi connectivity index (χ1) is 17.8. The largest absolute Gasteiger partial charge is 0.437 e. The molecule has 0 aliphatic heterocycles. The number of carbonyl (C=O) groups is 1. The minimum absolute atomic E-state index is 0.197.